The van der Waals surface area contributed by atoms with Crippen LogP contribution in [0.2, 0.25) is 0 Å². The molecule has 3 nitrogen and oxygen atoms in total. The SMILES string of the molecule is CC(C)OC(=O)C1=C(OCF)c2ccccc2C1. The Morgan fingerprint density at radius 2 is 2.11 bits per heavy atom. The number of alkyl halides is 1. The molecule has 0 bridgehead atoms. The van der Waals surface area contributed by atoms with Crippen LogP contribution in [-0.4, -0.2) is 18.9 Å². The number of hydrogen-bond acceptors (Lipinski definition) is 3. The van der Waals surface area contributed by atoms with Gasteiger partial charge >= 0.3 is 5.97 Å². The Kier molecular flexibility index (Phi) is 3.65. The van der Waals surface area contributed by atoms with E-state index in [1.807, 2.05) is 24.3 Å². The Labute approximate surface area is 105 Å². The molecule has 1 aromatic rings. The summed E-state index contributed by atoms with van der Waals surface area (Å²) in [6, 6.07) is 7.42. The van der Waals surface area contributed by atoms with Crippen molar-refractivity contribution in [3.05, 3.63) is 41.0 Å². The van der Waals surface area contributed by atoms with Gasteiger partial charge in [0.05, 0.1) is 11.7 Å². The summed E-state index contributed by atoms with van der Waals surface area (Å²) in [5.41, 5.74) is 2.12. The molecule has 0 amide bonds. The van der Waals surface area contributed by atoms with Gasteiger partial charge in [0, 0.05) is 12.0 Å². The predicted molar refractivity (Wildman–Crippen MR) is 65.4 cm³/mol. The van der Waals surface area contributed by atoms with Gasteiger partial charge in [0.1, 0.15) is 5.76 Å². The van der Waals surface area contributed by atoms with E-state index >= 15 is 0 Å². The molecule has 0 aromatic heterocycles. The van der Waals surface area contributed by atoms with Gasteiger partial charge in [-0.2, -0.15) is 0 Å². The summed E-state index contributed by atoms with van der Waals surface area (Å²) >= 11 is 0. The van der Waals surface area contributed by atoms with E-state index in [0.29, 0.717) is 17.8 Å². The van der Waals surface area contributed by atoms with E-state index in [0.717, 1.165) is 11.1 Å². The molecule has 0 spiro atoms. The number of rotatable bonds is 4. The van der Waals surface area contributed by atoms with Crippen LogP contribution in [0, 0.1) is 0 Å². The molecular weight excluding hydrogens is 235 g/mol. The molecule has 0 heterocycles. The van der Waals surface area contributed by atoms with Gasteiger partial charge in [0.25, 0.3) is 0 Å². The molecule has 0 saturated carbocycles. The van der Waals surface area contributed by atoms with Gasteiger partial charge in [-0.3, -0.25) is 0 Å². The van der Waals surface area contributed by atoms with E-state index in [1.54, 1.807) is 13.8 Å². The Morgan fingerprint density at radius 1 is 1.39 bits per heavy atom. The van der Waals surface area contributed by atoms with Gasteiger partial charge in [-0.25, -0.2) is 9.18 Å². The van der Waals surface area contributed by atoms with Crippen molar-refractivity contribution < 1.29 is 18.7 Å². The number of fused-ring (bicyclic) bond motifs is 1. The molecule has 0 N–H and O–H groups in total. The van der Waals surface area contributed by atoms with E-state index in [1.165, 1.54) is 0 Å². The van der Waals surface area contributed by atoms with Gasteiger partial charge in [0.15, 0.2) is 0 Å². The molecular formula is C14H15FO3. The second-order valence-corrected chi connectivity index (χ2v) is 4.35. The summed E-state index contributed by atoms with van der Waals surface area (Å²) in [5.74, 6) is -0.136. The van der Waals surface area contributed by atoms with Gasteiger partial charge < -0.3 is 9.47 Å². The fraction of sp³-hybridized carbons (Fsp3) is 0.357. The summed E-state index contributed by atoms with van der Waals surface area (Å²) in [6.45, 7) is 2.59. The molecule has 1 aromatic carbocycles. The summed E-state index contributed by atoms with van der Waals surface area (Å²) < 4.78 is 22.5. The van der Waals surface area contributed by atoms with Crippen LogP contribution in [0.25, 0.3) is 5.76 Å². The lowest BCUT2D eigenvalue weighted by atomic mass is 10.1. The summed E-state index contributed by atoms with van der Waals surface area (Å²) in [7, 11) is 0. The number of halogens is 1. The first kappa shape index (κ1) is 12.6. The van der Waals surface area contributed by atoms with Crippen LogP contribution in [-0.2, 0) is 20.7 Å². The molecule has 0 unspecified atom stereocenters. The fourth-order valence-electron chi connectivity index (χ4n) is 2.00. The van der Waals surface area contributed by atoms with Crippen molar-refractivity contribution in [3.8, 4) is 0 Å². The third-order valence-electron chi connectivity index (χ3n) is 2.69. The lowest BCUT2D eigenvalue weighted by molar-refractivity contribution is -0.142. The van der Waals surface area contributed by atoms with Crippen molar-refractivity contribution >= 4 is 11.7 Å². The highest BCUT2D eigenvalue weighted by atomic mass is 19.1. The zero-order valence-electron chi connectivity index (χ0n) is 10.4. The smallest absolute Gasteiger partial charge is 0.338 e. The predicted octanol–water partition coefficient (Wildman–Crippen LogP) is 2.85. The summed E-state index contributed by atoms with van der Waals surface area (Å²) in [6.07, 6.45) is 0.220. The molecule has 0 radical (unpaired) electrons. The normalized spacial score (nSPS) is 13.8. The maximum absolute atomic E-state index is 12.4. The number of esters is 1. The summed E-state index contributed by atoms with van der Waals surface area (Å²) in [5, 5.41) is 0. The Balaban J connectivity index is 2.33. The molecule has 4 heteroatoms. The Morgan fingerprint density at radius 3 is 2.78 bits per heavy atom. The van der Waals surface area contributed by atoms with Crippen LogP contribution in [0.15, 0.2) is 29.8 Å². The van der Waals surface area contributed by atoms with E-state index in [9.17, 15) is 9.18 Å². The number of benzene rings is 1. The van der Waals surface area contributed by atoms with E-state index in [2.05, 4.69) is 0 Å². The van der Waals surface area contributed by atoms with Crippen LogP contribution in [0.3, 0.4) is 0 Å². The minimum Gasteiger partial charge on any atom is -0.462 e. The third kappa shape index (κ3) is 2.37. The van der Waals surface area contributed by atoms with Crippen LogP contribution in [0.4, 0.5) is 4.39 Å². The van der Waals surface area contributed by atoms with Crippen LogP contribution in [0.5, 0.6) is 0 Å². The zero-order valence-corrected chi connectivity index (χ0v) is 10.4. The zero-order chi connectivity index (χ0) is 13.1. The fourth-order valence-corrected chi connectivity index (χ4v) is 2.00. The molecule has 0 atom stereocenters. The minimum atomic E-state index is -0.956. The molecule has 2 rings (SSSR count). The lowest BCUT2D eigenvalue weighted by Gasteiger charge is -2.10. The first-order valence-electron chi connectivity index (χ1n) is 5.84. The second kappa shape index (κ2) is 5.21. The minimum absolute atomic E-state index is 0.208. The number of carbonyl (C=O) groups is 1. The molecule has 1 aliphatic rings. The Hall–Kier alpha value is -1.84. The van der Waals surface area contributed by atoms with Crippen LogP contribution >= 0.6 is 0 Å². The van der Waals surface area contributed by atoms with Gasteiger partial charge in [-0.15, -0.1) is 0 Å². The standard InChI is InChI=1S/C14H15FO3/c1-9(2)18-14(16)12-7-10-5-3-4-6-11(10)13(12)17-8-15/h3-6,9H,7-8H2,1-2H3. The van der Waals surface area contributed by atoms with Crippen molar-refractivity contribution in [2.45, 2.75) is 26.4 Å². The van der Waals surface area contributed by atoms with Crippen molar-refractivity contribution in [1.29, 1.82) is 0 Å². The van der Waals surface area contributed by atoms with E-state index < -0.39 is 12.8 Å². The van der Waals surface area contributed by atoms with Crippen molar-refractivity contribution in [2.75, 3.05) is 6.86 Å². The van der Waals surface area contributed by atoms with Gasteiger partial charge in [-0.05, 0) is 19.4 Å². The van der Waals surface area contributed by atoms with E-state index in [-0.39, 0.29) is 6.10 Å². The molecule has 0 aliphatic heterocycles. The van der Waals surface area contributed by atoms with Crippen molar-refractivity contribution in [1.82, 2.24) is 0 Å². The number of carbonyl (C=O) groups excluding carboxylic acids is 1. The largest absolute Gasteiger partial charge is 0.462 e. The first-order chi connectivity index (χ1) is 8.63. The van der Waals surface area contributed by atoms with Crippen LogP contribution < -0.4 is 0 Å². The maximum atomic E-state index is 12.4. The maximum Gasteiger partial charge on any atom is 0.338 e. The number of ether oxygens (including phenoxy) is 2. The second-order valence-electron chi connectivity index (χ2n) is 4.35. The van der Waals surface area contributed by atoms with Gasteiger partial charge in [0.2, 0.25) is 6.86 Å². The molecule has 1 aliphatic carbocycles. The average molecular weight is 250 g/mol. The lowest BCUT2D eigenvalue weighted by Crippen LogP contribution is -2.14. The summed E-state index contributed by atoms with van der Waals surface area (Å²) in [4.78, 5) is 11.9. The highest BCUT2D eigenvalue weighted by Crippen LogP contribution is 2.34. The highest BCUT2D eigenvalue weighted by molar-refractivity contribution is 5.99. The first-order valence-corrected chi connectivity index (χ1v) is 5.84. The topological polar surface area (TPSA) is 35.5 Å². The molecule has 0 saturated heterocycles. The van der Waals surface area contributed by atoms with Crippen molar-refractivity contribution in [3.63, 3.8) is 0 Å². The molecule has 0 fully saturated rings. The third-order valence-corrected chi connectivity index (χ3v) is 2.69. The highest BCUT2D eigenvalue weighted by Gasteiger charge is 2.28. The quantitative estimate of drug-likeness (QED) is 0.771. The number of hydrogen-bond donors (Lipinski definition) is 0. The van der Waals surface area contributed by atoms with Crippen molar-refractivity contribution in [2.24, 2.45) is 0 Å². The van der Waals surface area contributed by atoms with E-state index in [4.69, 9.17) is 9.47 Å². The average Bonchev–Trinajstić information content (AvgIpc) is 2.68. The van der Waals surface area contributed by atoms with Crippen LogP contribution in [0.1, 0.15) is 25.0 Å². The van der Waals surface area contributed by atoms with Gasteiger partial charge in [-0.1, -0.05) is 24.3 Å². The molecule has 96 valence electrons. The Bertz CT molecular complexity index is 492. The molecule has 18 heavy (non-hydrogen) atoms. The monoisotopic (exact) mass is 250 g/mol.